The number of benzene rings is 3. The monoisotopic (exact) mass is 401 g/mol. The molecule has 140 valence electrons. The van der Waals surface area contributed by atoms with Crippen molar-refractivity contribution >= 4 is 23.2 Å². The van der Waals surface area contributed by atoms with Gasteiger partial charge in [-0.1, -0.05) is 71.7 Å². The van der Waals surface area contributed by atoms with E-state index in [-0.39, 0.29) is 0 Å². The van der Waals surface area contributed by atoms with Crippen LogP contribution in [0.5, 0.6) is 5.75 Å². The Hall–Kier alpha value is -2.04. The van der Waals surface area contributed by atoms with Gasteiger partial charge in [-0.3, -0.25) is 0 Å². The number of ether oxygens (including phenoxy) is 1. The van der Waals surface area contributed by atoms with Crippen molar-refractivity contribution < 1.29 is 9.84 Å². The number of aliphatic hydroxyl groups is 1. The van der Waals surface area contributed by atoms with E-state index in [4.69, 9.17) is 27.9 Å². The molecule has 3 nitrogen and oxygen atoms in total. The highest BCUT2D eigenvalue weighted by molar-refractivity contribution is 6.35. The van der Waals surface area contributed by atoms with Gasteiger partial charge in [-0.25, -0.2) is 0 Å². The van der Waals surface area contributed by atoms with Crippen LogP contribution in [0.15, 0.2) is 72.8 Å². The lowest BCUT2D eigenvalue weighted by Gasteiger charge is -2.12. The molecule has 3 aromatic carbocycles. The minimum atomic E-state index is -0.516. The third-order valence-corrected chi connectivity index (χ3v) is 4.77. The lowest BCUT2D eigenvalue weighted by Crippen LogP contribution is -2.20. The Labute approximate surface area is 169 Å². The van der Waals surface area contributed by atoms with Crippen molar-refractivity contribution in [3.63, 3.8) is 0 Å². The van der Waals surface area contributed by atoms with Crippen LogP contribution in [0.3, 0.4) is 0 Å². The molecule has 0 aromatic heterocycles. The molecule has 3 aromatic rings. The molecule has 0 saturated heterocycles. The molecule has 2 N–H and O–H groups in total. The average Bonchev–Trinajstić information content (AvgIpc) is 2.69. The first kappa shape index (κ1) is 19.7. The topological polar surface area (TPSA) is 41.5 Å². The fourth-order valence-corrected chi connectivity index (χ4v) is 3.11. The second-order valence-electron chi connectivity index (χ2n) is 6.23. The molecule has 0 bridgehead atoms. The van der Waals surface area contributed by atoms with E-state index in [0.717, 1.165) is 22.4 Å². The fraction of sp³-hybridized carbons (Fsp3) is 0.182. The highest BCUT2D eigenvalue weighted by Gasteiger charge is 2.06. The molecule has 5 heteroatoms. The average molecular weight is 402 g/mol. The third kappa shape index (κ3) is 5.98. The predicted octanol–water partition coefficient (Wildman–Crippen LogP) is 5.40. The van der Waals surface area contributed by atoms with Crippen LogP contribution < -0.4 is 10.1 Å². The normalized spacial score (nSPS) is 12.0. The number of hydrogen-bond acceptors (Lipinski definition) is 3. The molecule has 0 spiro atoms. The van der Waals surface area contributed by atoms with E-state index < -0.39 is 6.10 Å². The second kappa shape index (κ2) is 9.77. The Balaban J connectivity index is 1.46. The van der Waals surface area contributed by atoms with Crippen LogP contribution in [-0.4, -0.2) is 11.7 Å². The molecule has 0 unspecified atom stereocenters. The summed E-state index contributed by atoms with van der Waals surface area (Å²) in [7, 11) is 0. The van der Waals surface area contributed by atoms with Gasteiger partial charge in [0.05, 0.1) is 6.10 Å². The van der Waals surface area contributed by atoms with Crippen molar-refractivity contribution in [2.45, 2.75) is 19.3 Å². The zero-order valence-electron chi connectivity index (χ0n) is 14.7. The van der Waals surface area contributed by atoms with Crippen LogP contribution in [0.1, 0.15) is 22.8 Å². The number of hydrogen-bond donors (Lipinski definition) is 2. The zero-order valence-corrected chi connectivity index (χ0v) is 16.3. The van der Waals surface area contributed by atoms with Crippen molar-refractivity contribution in [1.82, 2.24) is 5.32 Å². The highest BCUT2D eigenvalue weighted by atomic mass is 35.5. The standard InChI is InChI=1S/C22H21Cl2NO2/c23-19-9-8-18(21(24)12-19)15-27-20-10-6-16(7-11-20)13-25-14-22(26)17-4-2-1-3-5-17/h1-12,22,25-26H,13-15H2/t22-/m1/s1. The fourth-order valence-electron chi connectivity index (χ4n) is 2.65. The maximum atomic E-state index is 10.2. The lowest BCUT2D eigenvalue weighted by molar-refractivity contribution is 0.174. The first-order valence-corrected chi connectivity index (χ1v) is 9.47. The number of halogens is 2. The summed E-state index contributed by atoms with van der Waals surface area (Å²) in [5, 5.41) is 14.6. The summed E-state index contributed by atoms with van der Waals surface area (Å²) in [5.74, 6) is 0.772. The Kier molecular flexibility index (Phi) is 7.13. The van der Waals surface area contributed by atoms with Crippen LogP contribution >= 0.6 is 23.2 Å². The van der Waals surface area contributed by atoms with E-state index in [0.29, 0.717) is 29.7 Å². The molecule has 0 fully saturated rings. The van der Waals surface area contributed by atoms with Gasteiger partial charge in [0.1, 0.15) is 12.4 Å². The van der Waals surface area contributed by atoms with E-state index in [1.165, 1.54) is 0 Å². The van der Waals surface area contributed by atoms with Gasteiger partial charge >= 0.3 is 0 Å². The first-order valence-electron chi connectivity index (χ1n) is 8.71. The van der Waals surface area contributed by atoms with E-state index in [2.05, 4.69) is 5.32 Å². The smallest absolute Gasteiger partial charge is 0.119 e. The highest BCUT2D eigenvalue weighted by Crippen LogP contribution is 2.23. The summed E-state index contributed by atoms with van der Waals surface area (Å²) < 4.78 is 5.78. The van der Waals surface area contributed by atoms with Crippen molar-refractivity contribution in [1.29, 1.82) is 0 Å². The molecule has 0 aliphatic heterocycles. The van der Waals surface area contributed by atoms with Crippen LogP contribution in [0.25, 0.3) is 0 Å². The van der Waals surface area contributed by atoms with Gasteiger partial charge in [-0.2, -0.15) is 0 Å². The number of nitrogens with one attached hydrogen (secondary N) is 1. The van der Waals surface area contributed by atoms with Crippen LogP contribution in [0.2, 0.25) is 10.0 Å². The molecule has 0 amide bonds. The predicted molar refractivity (Wildman–Crippen MR) is 110 cm³/mol. The Morgan fingerprint density at radius 3 is 2.37 bits per heavy atom. The van der Waals surface area contributed by atoms with Crippen LogP contribution in [-0.2, 0) is 13.2 Å². The Morgan fingerprint density at radius 1 is 0.926 bits per heavy atom. The Bertz CT molecular complexity index is 854. The van der Waals surface area contributed by atoms with Gasteiger partial charge in [0.2, 0.25) is 0 Å². The SMILES string of the molecule is O[C@H](CNCc1ccc(OCc2ccc(Cl)cc2Cl)cc1)c1ccccc1. The van der Waals surface area contributed by atoms with Gasteiger partial charge in [-0.15, -0.1) is 0 Å². The van der Waals surface area contributed by atoms with Crippen LogP contribution in [0.4, 0.5) is 0 Å². The Morgan fingerprint density at radius 2 is 1.67 bits per heavy atom. The molecule has 0 aliphatic rings. The summed E-state index contributed by atoms with van der Waals surface area (Å²) >= 11 is 12.1. The summed E-state index contributed by atoms with van der Waals surface area (Å²) in [6, 6.07) is 22.9. The van der Waals surface area contributed by atoms with Crippen molar-refractivity contribution in [2.24, 2.45) is 0 Å². The zero-order chi connectivity index (χ0) is 19.1. The molecule has 0 heterocycles. The van der Waals surface area contributed by atoms with Crippen LogP contribution in [0, 0.1) is 0 Å². The van der Waals surface area contributed by atoms with Crippen molar-refractivity contribution in [3.8, 4) is 5.75 Å². The molecule has 0 saturated carbocycles. The maximum Gasteiger partial charge on any atom is 0.119 e. The molecule has 0 radical (unpaired) electrons. The summed E-state index contributed by atoms with van der Waals surface area (Å²) in [4.78, 5) is 0. The second-order valence-corrected chi connectivity index (χ2v) is 7.07. The molecule has 3 rings (SSSR count). The molecular weight excluding hydrogens is 381 g/mol. The minimum Gasteiger partial charge on any atom is -0.489 e. The molecule has 1 atom stereocenters. The quantitative estimate of drug-likeness (QED) is 0.531. The third-order valence-electron chi connectivity index (χ3n) is 4.18. The van der Waals surface area contributed by atoms with Gasteiger partial charge in [-0.05, 0) is 35.4 Å². The van der Waals surface area contributed by atoms with Crippen molar-refractivity contribution in [2.75, 3.05) is 6.54 Å². The van der Waals surface area contributed by atoms with E-state index in [1.54, 1.807) is 12.1 Å². The van der Waals surface area contributed by atoms with Crippen molar-refractivity contribution in [3.05, 3.63) is 99.5 Å². The minimum absolute atomic E-state index is 0.386. The lowest BCUT2D eigenvalue weighted by atomic mass is 10.1. The maximum absolute atomic E-state index is 10.2. The van der Waals surface area contributed by atoms with Gasteiger partial charge in [0.25, 0.3) is 0 Å². The van der Waals surface area contributed by atoms with E-state index in [1.807, 2.05) is 60.7 Å². The van der Waals surface area contributed by atoms with Gasteiger partial charge in [0, 0.05) is 28.7 Å². The van der Waals surface area contributed by atoms with Gasteiger partial charge < -0.3 is 15.2 Å². The van der Waals surface area contributed by atoms with E-state index in [9.17, 15) is 5.11 Å². The summed E-state index contributed by atoms with van der Waals surface area (Å²) in [6.45, 7) is 1.56. The van der Waals surface area contributed by atoms with E-state index >= 15 is 0 Å². The summed E-state index contributed by atoms with van der Waals surface area (Å²) in [5.41, 5.74) is 2.92. The number of aliphatic hydroxyl groups excluding tert-OH is 1. The molecule has 0 aliphatic carbocycles. The number of rotatable bonds is 8. The van der Waals surface area contributed by atoms with Gasteiger partial charge in [0.15, 0.2) is 0 Å². The first-order chi connectivity index (χ1) is 13.1. The molecule has 27 heavy (non-hydrogen) atoms. The largest absolute Gasteiger partial charge is 0.489 e. The molecular formula is C22H21Cl2NO2. The summed E-state index contributed by atoms with van der Waals surface area (Å²) in [6.07, 6.45) is -0.516.